The highest BCUT2D eigenvalue weighted by atomic mass is 19.1. The van der Waals surface area contributed by atoms with Gasteiger partial charge in [0, 0.05) is 6.04 Å². The average Bonchev–Trinajstić information content (AvgIpc) is 2.34. The number of hydrogen-bond acceptors (Lipinski definition) is 3. The largest absolute Gasteiger partial charge is 0.494 e. The molecule has 1 aromatic carbocycles. The van der Waals surface area contributed by atoms with Crippen LogP contribution in [0.1, 0.15) is 31.7 Å². The Balaban J connectivity index is 2.98. The molecule has 1 unspecified atom stereocenters. The lowest BCUT2D eigenvalue weighted by Crippen LogP contribution is -2.35. The van der Waals surface area contributed by atoms with Crippen LogP contribution in [0.25, 0.3) is 0 Å². The van der Waals surface area contributed by atoms with E-state index in [1.807, 2.05) is 13.8 Å². The molecule has 5 heteroatoms. The Bertz CT molecular complexity index is 435. The number of carbonyl (C=O) groups excluding carboxylic acids is 1. The number of amides is 1. The van der Waals surface area contributed by atoms with Gasteiger partial charge in [-0.15, -0.1) is 0 Å². The summed E-state index contributed by atoms with van der Waals surface area (Å²) in [4.78, 5) is 12.1. The standard InChI is InChI=1S/C14H21FN2O2/c1-9(2)17-14(18)11(6-7-16)10-4-5-13(19-3)12(15)8-10/h4-5,8-9,11H,6-7,16H2,1-3H3,(H,17,18). The maximum Gasteiger partial charge on any atom is 0.227 e. The van der Waals surface area contributed by atoms with Gasteiger partial charge in [0.2, 0.25) is 5.91 Å². The quantitative estimate of drug-likeness (QED) is 0.826. The van der Waals surface area contributed by atoms with E-state index in [9.17, 15) is 9.18 Å². The van der Waals surface area contributed by atoms with Gasteiger partial charge in [-0.25, -0.2) is 4.39 Å². The number of hydrogen-bond donors (Lipinski definition) is 2. The molecule has 0 saturated carbocycles. The first kappa shape index (κ1) is 15.4. The molecule has 0 saturated heterocycles. The minimum Gasteiger partial charge on any atom is -0.494 e. The van der Waals surface area contributed by atoms with Gasteiger partial charge in [0.15, 0.2) is 11.6 Å². The molecule has 19 heavy (non-hydrogen) atoms. The topological polar surface area (TPSA) is 64.3 Å². The van der Waals surface area contributed by atoms with Crippen LogP contribution in [0.15, 0.2) is 18.2 Å². The van der Waals surface area contributed by atoms with E-state index in [1.54, 1.807) is 6.07 Å². The predicted molar refractivity (Wildman–Crippen MR) is 72.6 cm³/mol. The van der Waals surface area contributed by atoms with E-state index in [4.69, 9.17) is 10.5 Å². The van der Waals surface area contributed by atoms with Crippen LogP contribution in [0.2, 0.25) is 0 Å². The zero-order valence-electron chi connectivity index (χ0n) is 11.6. The number of halogens is 1. The molecule has 1 atom stereocenters. The van der Waals surface area contributed by atoms with Crippen LogP contribution in [0.3, 0.4) is 0 Å². The number of benzene rings is 1. The molecule has 0 aliphatic heterocycles. The number of carbonyl (C=O) groups is 1. The Morgan fingerprint density at radius 1 is 1.47 bits per heavy atom. The minimum atomic E-state index is -0.473. The lowest BCUT2D eigenvalue weighted by Gasteiger charge is -2.18. The molecule has 0 aliphatic rings. The second-order valence-corrected chi connectivity index (χ2v) is 4.69. The Morgan fingerprint density at radius 3 is 2.63 bits per heavy atom. The van der Waals surface area contributed by atoms with E-state index in [1.165, 1.54) is 19.2 Å². The van der Waals surface area contributed by atoms with Gasteiger partial charge < -0.3 is 15.8 Å². The Labute approximate surface area is 113 Å². The Kier molecular flexibility index (Phi) is 5.76. The number of nitrogens with one attached hydrogen (secondary N) is 1. The van der Waals surface area contributed by atoms with Crippen molar-refractivity contribution in [1.29, 1.82) is 0 Å². The van der Waals surface area contributed by atoms with Crippen LogP contribution < -0.4 is 15.8 Å². The number of ether oxygens (including phenoxy) is 1. The molecule has 0 radical (unpaired) electrons. The third-order valence-electron chi connectivity index (χ3n) is 2.78. The maximum atomic E-state index is 13.7. The molecule has 0 spiro atoms. The average molecular weight is 268 g/mol. The summed E-state index contributed by atoms with van der Waals surface area (Å²) < 4.78 is 18.6. The van der Waals surface area contributed by atoms with Crippen molar-refractivity contribution in [2.24, 2.45) is 5.73 Å². The number of rotatable bonds is 6. The number of methoxy groups -OCH3 is 1. The third-order valence-corrected chi connectivity index (χ3v) is 2.78. The van der Waals surface area contributed by atoms with Gasteiger partial charge in [-0.05, 0) is 44.5 Å². The third kappa shape index (κ3) is 4.21. The summed E-state index contributed by atoms with van der Waals surface area (Å²) in [6.45, 7) is 4.13. The molecule has 0 fully saturated rings. The van der Waals surface area contributed by atoms with Crippen molar-refractivity contribution < 1.29 is 13.9 Å². The predicted octanol–water partition coefficient (Wildman–Crippen LogP) is 1.79. The van der Waals surface area contributed by atoms with Crippen molar-refractivity contribution in [2.75, 3.05) is 13.7 Å². The molecule has 0 bridgehead atoms. The maximum absolute atomic E-state index is 13.7. The molecular formula is C14H21FN2O2. The Morgan fingerprint density at radius 2 is 2.16 bits per heavy atom. The smallest absolute Gasteiger partial charge is 0.227 e. The lowest BCUT2D eigenvalue weighted by molar-refractivity contribution is -0.123. The first-order valence-electron chi connectivity index (χ1n) is 6.33. The van der Waals surface area contributed by atoms with Gasteiger partial charge in [-0.3, -0.25) is 4.79 Å². The monoisotopic (exact) mass is 268 g/mol. The molecule has 106 valence electrons. The van der Waals surface area contributed by atoms with E-state index in [-0.39, 0.29) is 17.7 Å². The molecular weight excluding hydrogens is 247 g/mol. The highest BCUT2D eigenvalue weighted by molar-refractivity contribution is 5.83. The SMILES string of the molecule is COc1ccc(C(CCN)C(=O)NC(C)C)cc1F. The molecule has 0 heterocycles. The van der Waals surface area contributed by atoms with Crippen LogP contribution in [0.4, 0.5) is 4.39 Å². The first-order valence-corrected chi connectivity index (χ1v) is 6.33. The molecule has 0 aliphatic carbocycles. The van der Waals surface area contributed by atoms with Gasteiger partial charge in [0.1, 0.15) is 0 Å². The van der Waals surface area contributed by atoms with Gasteiger partial charge in [-0.2, -0.15) is 0 Å². The van der Waals surface area contributed by atoms with Crippen molar-refractivity contribution in [3.8, 4) is 5.75 Å². The fourth-order valence-corrected chi connectivity index (χ4v) is 1.90. The normalized spacial score (nSPS) is 12.3. The van der Waals surface area contributed by atoms with Crippen molar-refractivity contribution in [3.63, 3.8) is 0 Å². The number of nitrogens with two attached hydrogens (primary N) is 1. The van der Waals surface area contributed by atoms with E-state index in [0.717, 1.165) is 0 Å². The molecule has 1 aromatic rings. The zero-order chi connectivity index (χ0) is 14.4. The highest BCUT2D eigenvalue weighted by Crippen LogP contribution is 2.25. The van der Waals surface area contributed by atoms with Crippen molar-refractivity contribution in [1.82, 2.24) is 5.32 Å². The Hall–Kier alpha value is -1.62. The van der Waals surface area contributed by atoms with Gasteiger partial charge in [0.25, 0.3) is 0 Å². The van der Waals surface area contributed by atoms with Crippen LogP contribution in [0, 0.1) is 5.82 Å². The van der Waals surface area contributed by atoms with Crippen molar-refractivity contribution in [3.05, 3.63) is 29.6 Å². The van der Waals surface area contributed by atoms with Crippen LogP contribution in [-0.4, -0.2) is 25.6 Å². The second kappa shape index (κ2) is 7.09. The van der Waals surface area contributed by atoms with Gasteiger partial charge >= 0.3 is 0 Å². The second-order valence-electron chi connectivity index (χ2n) is 4.69. The van der Waals surface area contributed by atoms with Crippen LogP contribution in [0.5, 0.6) is 5.75 Å². The molecule has 0 aromatic heterocycles. The van der Waals surface area contributed by atoms with E-state index in [0.29, 0.717) is 18.5 Å². The van der Waals surface area contributed by atoms with Crippen LogP contribution >= 0.6 is 0 Å². The summed E-state index contributed by atoms with van der Waals surface area (Å²) in [5.41, 5.74) is 6.14. The molecule has 1 rings (SSSR count). The van der Waals surface area contributed by atoms with Gasteiger partial charge in [0.05, 0.1) is 13.0 Å². The van der Waals surface area contributed by atoms with Crippen molar-refractivity contribution in [2.45, 2.75) is 32.2 Å². The zero-order valence-corrected chi connectivity index (χ0v) is 11.6. The lowest BCUT2D eigenvalue weighted by atomic mass is 9.94. The summed E-state index contributed by atoms with van der Waals surface area (Å²) in [6.07, 6.45) is 0.477. The molecule has 3 N–H and O–H groups in total. The van der Waals surface area contributed by atoms with E-state index >= 15 is 0 Å². The summed E-state index contributed by atoms with van der Waals surface area (Å²) in [7, 11) is 1.40. The van der Waals surface area contributed by atoms with Crippen molar-refractivity contribution >= 4 is 5.91 Å². The minimum absolute atomic E-state index is 0.0378. The molecule has 1 amide bonds. The summed E-state index contributed by atoms with van der Waals surface area (Å²) in [6, 6.07) is 4.59. The van der Waals surface area contributed by atoms with E-state index in [2.05, 4.69) is 5.32 Å². The van der Waals surface area contributed by atoms with Gasteiger partial charge in [-0.1, -0.05) is 6.07 Å². The first-order chi connectivity index (χ1) is 8.99. The fourth-order valence-electron chi connectivity index (χ4n) is 1.90. The highest BCUT2D eigenvalue weighted by Gasteiger charge is 2.21. The van der Waals surface area contributed by atoms with E-state index < -0.39 is 11.7 Å². The fraction of sp³-hybridized carbons (Fsp3) is 0.500. The summed E-state index contributed by atoms with van der Waals surface area (Å²) in [5.74, 6) is -0.878. The van der Waals surface area contributed by atoms with Crippen LogP contribution in [-0.2, 0) is 4.79 Å². The summed E-state index contributed by atoms with van der Waals surface area (Å²) >= 11 is 0. The molecule has 4 nitrogen and oxygen atoms in total. The summed E-state index contributed by atoms with van der Waals surface area (Å²) in [5, 5.41) is 2.83.